The van der Waals surface area contributed by atoms with Gasteiger partial charge >= 0.3 is 0 Å². The van der Waals surface area contributed by atoms with E-state index in [2.05, 4.69) is 10.3 Å². The van der Waals surface area contributed by atoms with Crippen molar-refractivity contribution >= 4 is 40.1 Å². The van der Waals surface area contributed by atoms with Crippen LogP contribution in [-0.2, 0) is 9.59 Å². The van der Waals surface area contributed by atoms with Crippen LogP contribution in [0, 0.1) is 17.6 Å². The van der Waals surface area contributed by atoms with Crippen molar-refractivity contribution in [1.29, 1.82) is 0 Å². The van der Waals surface area contributed by atoms with E-state index in [9.17, 15) is 18.4 Å². The van der Waals surface area contributed by atoms with E-state index in [1.54, 1.807) is 4.90 Å². The monoisotopic (exact) mass is 417 g/mol. The first-order chi connectivity index (χ1) is 13.8. The van der Waals surface area contributed by atoms with Gasteiger partial charge in [0, 0.05) is 19.0 Å². The summed E-state index contributed by atoms with van der Waals surface area (Å²) in [6, 6.07) is 12.2. The van der Waals surface area contributed by atoms with Crippen molar-refractivity contribution in [3.05, 3.63) is 60.2 Å². The van der Waals surface area contributed by atoms with E-state index in [1.165, 1.54) is 11.8 Å². The fraction of sp³-hybridized carbons (Fsp3) is 0.286. The Hall–Kier alpha value is -2.74. The van der Waals surface area contributed by atoms with Crippen molar-refractivity contribution in [3.63, 3.8) is 0 Å². The number of hydrogen-bond acceptors (Lipinski definition) is 4. The van der Waals surface area contributed by atoms with E-state index in [-0.39, 0.29) is 23.9 Å². The van der Waals surface area contributed by atoms with Crippen molar-refractivity contribution in [1.82, 2.24) is 4.90 Å². The summed E-state index contributed by atoms with van der Waals surface area (Å²) in [6.45, 7) is 4.48. The second kappa shape index (κ2) is 9.17. The van der Waals surface area contributed by atoms with Gasteiger partial charge in [0.25, 0.3) is 0 Å². The molecule has 0 saturated carbocycles. The third kappa shape index (κ3) is 5.41. The minimum atomic E-state index is -0.864. The molecule has 1 heterocycles. The molecule has 0 spiro atoms. The predicted octanol–water partition coefficient (Wildman–Crippen LogP) is 4.58. The lowest BCUT2D eigenvalue weighted by atomic mass is 10.2. The van der Waals surface area contributed by atoms with Crippen molar-refractivity contribution in [2.75, 3.05) is 11.9 Å². The van der Waals surface area contributed by atoms with Gasteiger partial charge in [-0.2, -0.15) is 0 Å². The quantitative estimate of drug-likeness (QED) is 0.748. The van der Waals surface area contributed by atoms with Crippen LogP contribution in [0.1, 0.15) is 20.3 Å². The van der Waals surface area contributed by atoms with Crippen LogP contribution in [0.2, 0.25) is 0 Å². The maximum atomic E-state index is 13.8. The lowest BCUT2D eigenvalue weighted by molar-refractivity contribution is -0.128. The van der Waals surface area contributed by atoms with Crippen LogP contribution in [0.5, 0.6) is 0 Å². The zero-order valence-corrected chi connectivity index (χ0v) is 16.9. The number of benzene rings is 2. The second-order valence-electron chi connectivity index (χ2n) is 7.06. The van der Waals surface area contributed by atoms with Crippen molar-refractivity contribution in [2.24, 2.45) is 10.9 Å². The Bertz CT molecular complexity index is 935. The van der Waals surface area contributed by atoms with Crippen LogP contribution in [0.25, 0.3) is 0 Å². The highest BCUT2D eigenvalue weighted by Gasteiger charge is 2.39. The Labute approximate surface area is 172 Å². The molecule has 1 atom stereocenters. The van der Waals surface area contributed by atoms with Crippen LogP contribution >= 0.6 is 11.8 Å². The van der Waals surface area contributed by atoms with Gasteiger partial charge in [0.1, 0.15) is 16.9 Å². The number of carbonyl (C=O) groups is 2. The summed E-state index contributed by atoms with van der Waals surface area (Å²) in [5, 5.41) is 2.29. The standard InChI is InChI=1S/C21H21F2N3O2S/c1-13(2)12-26-20(28)18(29-21(26)24-15-6-4-3-5-7-15)11-19(27)25-17-9-8-14(22)10-16(17)23/h3-10,13,18H,11-12H2,1-2H3,(H,25,27). The molecular formula is C21H21F2N3O2S. The molecule has 2 amide bonds. The average Bonchev–Trinajstić information content (AvgIpc) is 2.93. The van der Waals surface area contributed by atoms with Gasteiger partial charge in [0.2, 0.25) is 11.8 Å². The summed E-state index contributed by atoms with van der Waals surface area (Å²) < 4.78 is 26.8. The molecule has 2 aromatic rings. The van der Waals surface area contributed by atoms with E-state index < -0.39 is 22.8 Å². The molecule has 1 aliphatic heterocycles. The summed E-state index contributed by atoms with van der Waals surface area (Å²) in [4.78, 5) is 31.4. The maximum absolute atomic E-state index is 13.8. The topological polar surface area (TPSA) is 61.8 Å². The summed E-state index contributed by atoms with van der Waals surface area (Å²) in [5.74, 6) is -2.09. The minimum Gasteiger partial charge on any atom is -0.324 e. The maximum Gasteiger partial charge on any atom is 0.242 e. The average molecular weight is 417 g/mol. The number of amidine groups is 1. The van der Waals surface area contributed by atoms with Crippen LogP contribution in [0.15, 0.2) is 53.5 Å². The SMILES string of the molecule is CC(C)CN1C(=O)C(CC(=O)Nc2ccc(F)cc2F)SC1=Nc1ccccc1. The second-order valence-corrected chi connectivity index (χ2v) is 8.23. The van der Waals surface area contributed by atoms with Gasteiger partial charge in [-0.25, -0.2) is 13.8 Å². The van der Waals surface area contributed by atoms with Crippen LogP contribution in [0.4, 0.5) is 20.2 Å². The molecule has 0 radical (unpaired) electrons. The molecule has 152 valence electrons. The number of rotatable bonds is 6. The van der Waals surface area contributed by atoms with Gasteiger partial charge < -0.3 is 5.32 Å². The number of anilines is 1. The first kappa shape index (κ1) is 21.0. The molecule has 2 aromatic carbocycles. The Morgan fingerprint density at radius 3 is 2.59 bits per heavy atom. The van der Waals surface area contributed by atoms with Gasteiger partial charge in [-0.3, -0.25) is 14.5 Å². The molecule has 3 rings (SSSR count). The molecule has 1 N–H and O–H groups in total. The number of nitrogens with zero attached hydrogens (tertiary/aromatic N) is 2. The molecule has 0 aromatic heterocycles. The van der Waals surface area contributed by atoms with E-state index in [1.807, 2.05) is 44.2 Å². The molecule has 1 unspecified atom stereocenters. The van der Waals surface area contributed by atoms with E-state index in [0.717, 1.165) is 17.8 Å². The highest BCUT2D eigenvalue weighted by atomic mass is 32.2. The van der Waals surface area contributed by atoms with Gasteiger partial charge in [-0.15, -0.1) is 0 Å². The Kier molecular flexibility index (Phi) is 6.64. The lowest BCUT2D eigenvalue weighted by Gasteiger charge is -2.18. The molecule has 1 saturated heterocycles. The van der Waals surface area contributed by atoms with Gasteiger partial charge in [-0.1, -0.05) is 43.8 Å². The summed E-state index contributed by atoms with van der Waals surface area (Å²) in [7, 11) is 0. The normalized spacial score (nSPS) is 18.0. The third-order valence-corrected chi connectivity index (χ3v) is 5.30. The smallest absolute Gasteiger partial charge is 0.242 e. The Morgan fingerprint density at radius 1 is 1.21 bits per heavy atom. The summed E-state index contributed by atoms with van der Waals surface area (Å²) in [5.41, 5.74) is 0.596. The summed E-state index contributed by atoms with van der Waals surface area (Å²) in [6.07, 6.45) is -0.136. The third-order valence-electron chi connectivity index (χ3n) is 4.12. The number of amides is 2. The molecule has 1 aliphatic rings. The number of hydrogen-bond donors (Lipinski definition) is 1. The van der Waals surface area contributed by atoms with E-state index >= 15 is 0 Å². The largest absolute Gasteiger partial charge is 0.324 e. The van der Waals surface area contributed by atoms with Crippen LogP contribution in [-0.4, -0.2) is 33.7 Å². The Morgan fingerprint density at radius 2 is 1.93 bits per heavy atom. The fourth-order valence-corrected chi connectivity index (χ4v) is 4.00. The van der Waals surface area contributed by atoms with Crippen LogP contribution in [0.3, 0.4) is 0 Å². The number of aliphatic imine (C=N–C) groups is 1. The number of carbonyl (C=O) groups excluding carboxylic acids is 2. The van der Waals surface area contributed by atoms with Crippen LogP contribution < -0.4 is 5.32 Å². The first-order valence-corrected chi connectivity index (χ1v) is 10.1. The first-order valence-electron chi connectivity index (χ1n) is 9.20. The fourth-order valence-electron chi connectivity index (χ4n) is 2.83. The molecule has 1 fully saturated rings. The van der Waals surface area contributed by atoms with Crippen molar-refractivity contribution < 1.29 is 18.4 Å². The van der Waals surface area contributed by atoms with Gasteiger partial charge in [-0.05, 0) is 30.2 Å². The molecule has 0 bridgehead atoms. The van der Waals surface area contributed by atoms with Gasteiger partial charge in [0.05, 0.1) is 11.4 Å². The molecule has 29 heavy (non-hydrogen) atoms. The number of thioether (sulfide) groups is 1. The Balaban J connectivity index is 1.74. The minimum absolute atomic E-state index is 0.121. The number of nitrogens with one attached hydrogen (secondary N) is 1. The molecular weight excluding hydrogens is 396 g/mol. The van der Waals surface area contributed by atoms with Crippen molar-refractivity contribution in [3.8, 4) is 0 Å². The zero-order valence-electron chi connectivity index (χ0n) is 16.1. The lowest BCUT2D eigenvalue weighted by Crippen LogP contribution is -2.36. The number of para-hydroxylation sites is 1. The highest BCUT2D eigenvalue weighted by Crippen LogP contribution is 2.32. The van der Waals surface area contributed by atoms with Gasteiger partial charge in [0.15, 0.2) is 5.17 Å². The van der Waals surface area contributed by atoms with E-state index in [0.29, 0.717) is 17.8 Å². The van der Waals surface area contributed by atoms with E-state index in [4.69, 9.17) is 0 Å². The van der Waals surface area contributed by atoms with Crippen molar-refractivity contribution in [2.45, 2.75) is 25.5 Å². The molecule has 8 heteroatoms. The number of halogens is 2. The molecule has 5 nitrogen and oxygen atoms in total. The zero-order chi connectivity index (χ0) is 21.0. The highest BCUT2D eigenvalue weighted by molar-refractivity contribution is 8.15. The predicted molar refractivity (Wildman–Crippen MR) is 111 cm³/mol. The molecule has 0 aliphatic carbocycles. The summed E-state index contributed by atoms with van der Waals surface area (Å²) >= 11 is 1.22.